The fourth-order valence-electron chi connectivity index (χ4n) is 1.24. The van der Waals surface area contributed by atoms with Crippen molar-refractivity contribution in [2.45, 2.75) is 19.4 Å². The standard InChI is InChI=1S/C9H9BrF2N2O2/c10-8-4(2-13)6(1-7(15)16)14-3-5(8)9(11)12/h3,9H,1-2,13H2,(H,15,16). The number of hydrogen-bond donors (Lipinski definition) is 2. The number of aliphatic carboxylic acids is 1. The van der Waals surface area contributed by atoms with Crippen LogP contribution >= 0.6 is 15.9 Å². The minimum atomic E-state index is -2.67. The van der Waals surface area contributed by atoms with Crippen LogP contribution in [0.5, 0.6) is 0 Å². The number of pyridine rings is 1. The van der Waals surface area contributed by atoms with Gasteiger partial charge in [0.15, 0.2) is 0 Å². The first-order valence-electron chi connectivity index (χ1n) is 4.33. The van der Waals surface area contributed by atoms with Gasteiger partial charge in [-0.05, 0) is 15.9 Å². The third kappa shape index (κ3) is 2.73. The number of nitrogens with zero attached hydrogens (tertiary/aromatic N) is 1. The molecule has 0 fully saturated rings. The van der Waals surface area contributed by atoms with Crippen molar-refractivity contribution in [1.29, 1.82) is 0 Å². The highest BCUT2D eigenvalue weighted by atomic mass is 79.9. The second kappa shape index (κ2) is 5.31. The first kappa shape index (κ1) is 13.0. The summed E-state index contributed by atoms with van der Waals surface area (Å²) in [6.07, 6.45) is -2.05. The summed E-state index contributed by atoms with van der Waals surface area (Å²) in [5.74, 6) is -1.08. The number of halogens is 3. The van der Waals surface area contributed by atoms with Gasteiger partial charge in [-0.2, -0.15) is 0 Å². The smallest absolute Gasteiger partial charge is 0.309 e. The molecule has 1 heterocycles. The predicted molar refractivity (Wildman–Crippen MR) is 56.1 cm³/mol. The van der Waals surface area contributed by atoms with Gasteiger partial charge in [-0.15, -0.1) is 0 Å². The Kier molecular flexibility index (Phi) is 4.31. The molecule has 0 atom stereocenters. The van der Waals surface area contributed by atoms with E-state index in [1.807, 2.05) is 0 Å². The van der Waals surface area contributed by atoms with E-state index in [0.29, 0.717) is 5.56 Å². The molecule has 0 saturated heterocycles. The van der Waals surface area contributed by atoms with E-state index in [1.165, 1.54) is 0 Å². The van der Waals surface area contributed by atoms with E-state index in [9.17, 15) is 13.6 Å². The van der Waals surface area contributed by atoms with Crippen LogP contribution < -0.4 is 5.73 Å². The molecule has 0 aliphatic rings. The zero-order valence-electron chi connectivity index (χ0n) is 8.08. The van der Waals surface area contributed by atoms with E-state index in [-0.39, 0.29) is 28.7 Å². The van der Waals surface area contributed by atoms with Crippen LogP contribution in [0.15, 0.2) is 10.7 Å². The number of carboxylic acids is 1. The fraction of sp³-hybridized carbons (Fsp3) is 0.333. The molecule has 0 bridgehead atoms. The van der Waals surface area contributed by atoms with Crippen molar-refractivity contribution in [2.24, 2.45) is 5.73 Å². The molecule has 1 aromatic rings. The quantitative estimate of drug-likeness (QED) is 0.889. The summed E-state index contributed by atoms with van der Waals surface area (Å²) in [7, 11) is 0. The van der Waals surface area contributed by atoms with Crippen LogP contribution in [0.4, 0.5) is 8.78 Å². The lowest BCUT2D eigenvalue weighted by molar-refractivity contribution is -0.136. The van der Waals surface area contributed by atoms with Crippen LogP contribution in [0.25, 0.3) is 0 Å². The number of alkyl halides is 2. The highest BCUT2D eigenvalue weighted by Gasteiger charge is 2.18. The Morgan fingerprint density at radius 1 is 1.62 bits per heavy atom. The molecular weight excluding hydrogens is 286 g/mol. The summed E-state index contributed by atoms with van der Waals surface area (Å²) in [4.78, 5) is 14.2. The second-order valence-electron chi connectivity index (χ2n) is 3.03. The Hall–Kier alpha value is -1.08. The molecule has 0 aliphatic carbocycles. The monoisotopic (exact) mass is 294 g/mol. The molecule has 0 radical (unpaired) electrons. The fourth-order valence-corrected chi connectivity index (χ4v) is 1.90. The number of aromatic nitrogens is 1. The molecule has 3 N–H and O–H groups in total. The molecule has 0 unspecified atom stereocenters. The van der Waals surface area contributed by atoms with Crippen LogP contribution in [0.3, 0.4) is 0 Å². The molecule has 88 valence electrons. The van der Waals surface area contributed by atoms with Gasteiger partial charge in [0, 0.05) is 22.8 Å². The summed E-state index contributed by atoms with van der Waals surface area (Å²) in [6, 6.07) is 0. The average Bonchev–Trinajstić information content (AvgIpc) is 2.16. The molecule has 0 spiro atoms. The third-order valence-electron chi connectivity index (χ3n) is 1.98. The SMILES string of the molecule is NCc1c(CC(=O)O)ncc(C(F)F)c1Br. The summed E-state index contributed by atoms with van der Waals surface area (Å²) in [6.45, 7) is -0.0449. The zero-order valence-corrected chi connectivity index (χ0v) is 9.67. The van der Waals surface area contributed by atoms with Crippen LogP contribution in [-0.2, 0) is 17.8 Å². The zero-order chi connectivity index (χ0) is 12.3. The first-order valence-corrected chi connectivity index (χ1v) is 5.12. The van der Waals surface area contributed by atoms with Gasteiger partial charge < -0.3 is 10.8 Å². The van der Waals surface area contributed by atoms with Crippen LogP contribution in [0, 0.1) is 0 Å². The van der Waals surface area contributed by atoms with Gasteiger partial charge in [0.1, 0.15) is 0 Å². The van der Waals surface area contributed by atoms with Crippen molar-refractivity contribution >= 4 is 21.9 Å². The lowest BCUT2D eigenvalue weighted by Gasteiger charge is -2.11. The van der Waals surface area contributed by atoms with E-state index in [0.717, 1.165) is 6.20 Å². The minimum absolute atomic E-state index is 0.0449. The Morgan fingerprint density at radius 3 is 2.69 bits per heavy atom. The molecule has 7 heteroatoms. The topological polar surface area (TPSA) is 76.2 Å². The van der Waals surface area contributed by atoms with Gasteiger partial charge in [-0.3, -0.25) is 9.78 Å². The van der Waals surface area contributed by atoms with E-state index >= 15 is 0 Å². The normalized spacial score (nSPS) is 10.8. The van der Waals surface area contributed by atoms with Gasteiger partial charge in [0.05, 0.1) is 17.7 Å². The number of nitrogens with two attached hydrogens (primary N) is 1. The first-order chi connectivity index (χ1) is 7.47. The minimum Gasteiger partial charge on any atom is -0.481 e. The summed E-state index contributed by atoms with van der Waals surface area (Å²) in [5, 5.41) is 8.61. The molecule has 1 aromatic heterocycles. The molecule has 0 aromatic carbocycles. The molecular formula is C9H9BrF2N2O2. The van der Waals surface area contributed by atoms with E-state index in [2.05, 4.69) is 20.9 Å². The molecule has 0 amide bonds. The third-order valence-corrected chi connectivity index (χ3v) is 2.92. The molecule has 0 aliphatic heterocycles. The summed E-state index contributed by atoms with van der Waals surface area (Å²) in [5.41, 5.74) is 5.61. The van der Waals surface area contributed by atoms with Crippen LogP contribution in [0.1, 0.15) is 23.2 Å². The van der Waals surface area contributed by atoms with Gasteiger partial charge in [0.2, 0.25) is 0 Å². The molecule has 4 nitrogen and oxygen atoms in total. The maximum atomic E-state index is 12.5. The summed E-state index contributed by atoms with van der Waals surface area (Å²) < 4.78 is 25.2. The van der Waals surface area contributed by atoms with Gasteiger partial charge >= 0.3 is 5.97 Å². The predicted octanol–water partition coefficient (Wildman–Crippen LogP) is 1.87. The van der Waals surface area contributed by atoms with Crippen molar-refractivity contribution in [3.63, 3.8) is 0 Å². The number of carboxylic acid groups (broad SMARTS) is 1. The Morgan fingerprint density at radius 2 is 2.25 bits per heavy atom. The van der Waals surface area contributed by atoms with Crippen LogP contribution in [-0.4, -0.2) is 16.1 Å². The highest BCUT2D eigenvalue weighted by molar-refractivity contribution is 9.10. The second-order valence-corrected chi connectivity index (χ2v) is 3.82. The lowest BCUT2D eigenvalue weighted by atomic mass is 10.1. The van der Waals surface area contributed by atoms with Crippen molar-refractivity contribution in [3.8, 4) is 0 Å². The van der Waals surface area contributed by atoms with Gasteiger partial charge in [0.25, 0.3) is 6.43 Å². The average molecular weight is 295 g/mol. The van der Waals surface area contributed by atoms with Crippen molar-refractivity contribution in [2.75, 3.05) is 0 Å². The largest absolute Gasteiger partial charge is 0.481 e. The number of carbonyl (C=O) groups is 1. The maximum Gasteiger partial charge on any atom is 0.309 e. The maximum absolute atomic E-state index is 12.5. The lowest BCUT2D eigenvalue weighted by Crippen LogP contribution is -2.11. The van der Waals surface area contributed by atoms with Gasteiger partial charge in [-0.1, -0.05) is 0 Å². The van der Waals surface area contributed by atoms with Crippen molar-refractivity contribution in [3.05, 3.63) is 27.5 Å². The van der Waals surface area contributed by atoms with E-state index in [1.54, 1.807) is 0 Å². The summed E-state index contributed by atoms with van der Waals surface area (Å²) >= 11 is 2.99. The Labute approximate surface area is 98.6 Å². The highest BCUT2D eigenvalue weighted by Crippen LogP contribution is 2.30. The van der Waals surface area contributed by atoms with E-state index < -0.39 is 12.4 Å². The van der Waals surface area contributed by atoms with Crippen molar-refractivity contribution < 1.29 is 18.7 Å². The molecule has 1 rings (SSSR count). The van der Waals surface area contributed by atoms with Crippen LogP contribution in [0.2, 0.25) is 0 Å². The number of rotatable bonds is 4. The number of hydrogen-bond acceptors (Lipinski definition) is 3. The Bertz CT molecular complexity index is 413. The molecule has 16 heavy (non-hydrogen) atoms. The van der Waals surface area contributed by atoms with E-state index in [4.69, 9.17) is 10.8 Å². The van der Waals surface area contributed by atoms with Gasteiger partial charge in [-0.25, -0.2) is 8.78 Å². The van der Waals surface area contributed by atoms with Crippen molar-refractivity contribution in [1.82, 2.24) is 4.98 Å². The molecule has 0 saturated carbocycles. The Balaban J connectivity index is 3.23.